The molecule has 3 rings (SSSR count). The van der Waals surface area contributed by atoms with Crippen LogP contribution in [0.4, 0.5) is 5.69 Å². The van der Waals surface area contributed by atoms with Crippen molar-refractivity contribution in [2.75, 3.05) is 5.32 Å². The van der Waals surface area contributed by atoms with Crippen molar-refractivity contribution in [3.63, 3.8) is 0 Å². The first-order chi connectivity index (χ1) is 9.25. The Morgan fingerprint density at radius 1 is 1.05 bits per heavy atom. The Morgan fingerprint density at radius 2 is 1.84 bits per heavy atom. The Balaban J connectivity index is 1.89. The highest BCUT2D eigenvalue weighted by molar-refractivity contribution is 6.06. The first-order valence-electron chi connectivity index (χ1n) is 5.91. The highest BCUT2D eigenvalue weighted by Crippen LogP contribution is 2.27. The van der Waals surface area contributed by atoms with Gasteiger partial charge >= 0.3 is 5.97 Å². The van der Waals surface area contributed by atoms with Crippen LogP contribution in [0.1, 0.15) is 26.3 Å². The maximum absolute atomic E-state index is 12.1. The van der Waals surface area contributed by atoms with Gasteiger partial charge in [0.15, 0.2) is 0 Å². The van der Waals surface area contributed by atoms with E-state index in [0.717, 1.165) is 5.56 Å². The van der Waals surface area contributed by atoms with Gasteiger partial charge in [0.25, 0.3) is 5.91 Å². The number of cyclic esters (lactones) is 1. The summed E-state index contributed by atoms with van der Waals surface area (Å²) >= 11 is 0. The van der Waals surface area contributed by atoms with Gasteiger partial charge in [0.2, 0.25) is 0 Å². The Kier molecular flexibility index (Phi) is 2.76. The lowest BCUT2D eigenvalue weighted by atomic mass is 10.1. The number of rotatable bonds is 2. The maximum Gasteiger partial charge on any atom is 0.338 e. The van der Waals surface area contributed by atoms with Gasteiger partial charge in [0.05, 0.1) is 5.56 Å². The van der Waals surface area contributed by atoms with Crippen LogP contribution in [-0.4, -0.2) is 11.9 Å². The zero-order chi connectivity index (χ0) is 13.2. The first kappa shape index (κ1) is 11.5. The van der Waals surface area contributed by atoms with Gasteiger partial charge in [0, 0.05) is 16.8 Å². The van der Waals surface area contributed by atoms with Gasteiger partial charge < -0.3 is 10.1 Å². The summed E-state index contributed by atoms with van der Waals surface area (Å²) in [5, 5.41) is 2.81. The van der Waals surface area contributed by atoms with E-state index >= 15 is 0 Å². The van der Waals surface area contributed by atoms with Crippen molar-refractivity contribution in [2.45, 2.75) is 6.61 Å². The lowest BCUT2D eigenvalue weighted by molar-refractivity contribution is 0.0535. The predicted octanol–water partition coefficient (Wildman–Crippen LogP) is 2.61. The Labute approximate surface area is 110 Å². The summed E-state index contributed by atoms with van der Waals surface area (Å²) < 4.78 is 4.96. The molecule has 4 nitrogen and oxygen atoms in total. The normalized spacial score (nSPS) is 12.7. The Morgan fingerprint density at radius 3 is 2.63 bits per heavy atom. The predicted molar refractivity (Wildman–Crippen MR) is 70.0 cm³/mol. The molecule has 0 saturated carbocycles. The minimum atomic E-state index is -0.342. The monoisotopic (exact) mass is 253 g/mol. The topological polar surface area (TPSA) is 55.4 Å². The van der Waals surface area contributed by atoms with Gasteiger partial charge in [-0.25, -0.2) is 4.79 Å². The minimum Gasteiger partial charge on any atom is -0.457 e. The van der Waals surface area contributed by atoms with Crippen LogP contribution in [0.25, 0.3) is 0 Å². The van der Waals surface area contributed by atoms with Crippen LogP contribution >= 0.6 is 0 Å². The summed E-state index contributed by atoms with van der Waals surface area (Å²) in [4.78, 5) is 23.5. The molecule has 0 aromatic heterocycles. The molecule has 1 aliphatic rings. The number of anilines is 1. The summed E-state index contributed by atoms with van der Waals surface area (Å²) in [6, 6.07) is 14.1. The molecule has 94 valence electrons. The number of ether oxygens (including phenoxy) is 1. The summed E-state index contributed by atoms with van der Waals surface area (Å²) in [5.74, 6) is -0.542. The van der Waals surface area contributed by atoms with Gasteiger partial charge in [-0.05, 0) is 24.3 Å². The molecule has 1 N–H and O–H groups in total. The Hall–Kier alpha value is -2.62. The fourth-order valence-electron chi connectivity index (χ4n) is 2.05. The highest BCUT2D eigenvalue weighted by atomic mass is 16.5. The molecule has 0 unspecified atom stereocenters. The number of carbonyl (C=O) groups is 2. The van der Waals surface area contributed by atoms with Crippen molar-refractivity contribution >= 4 is 17.6 Å². The van der Waals surface area contributed by atoms with E-state index in [4.69, 9.17) is 4.74 Å². The molecule has 2 aromatic carbocycles. The number of carbonyl (C=O) groups excluding carboxylic acids is 2. The Bertz CT molecular complexity index is 650. The molecule has 0 radical (unpaired) electrons. The number of benzene rings is 2. The summed E-state index contributed by atoms with van der Waals surface area (Å²) in [6.45, 7) is 0.208. The molecular weight excluding hydrogens is 242 g/mol. The smallest absolute Gasteiger partial charge is 0.338 e. The van der Waals surface area contributed by atoms with Crippen molar-refractivity contribution in [3.8, 4) is 0 Å². The van der Waals surface area contributed by atoms with E-state index in [1.807, 2.05) is 6.07 Å². The molecular formula is C15H11NO3. The molecule has 19 heavy (non-hydrogen) atoms. The van der Waals surface area contributed by atoms with Gasteiger partial charge in [-0.15, -0.1) is 0 Å². The van der Waals surface area contributed by atoms with E-state index in [9.17, 15) is 9.59 Å². The van der Waals surface area contributed by atoms with Crippen LogP contribution in [0.15, 0.2) is 48.5 Å². The SMILES string of the molecule is O=C(Nc1cccc2c1COC2=O)c1ccccc1. The van der Waals surface area contributed by atoms with E-state index in [0.29, 0.717) is 16.8 Å². The number of esters is 1. The second-order valence-corrected chi connectivity index (χ2v) is 4.23. The highest BCUT2D eigenvalue weighted by Gasteiger charge is 2.24. The molecule has 2 aromatic rings. The number of hydrogen-bond acceptors (Lipinski definition) is 3. The van der Waals surface area contributed by atoms with Crippen molar-refractivity contribution in [1.29, 1.82) is 0 Å². The van der Waals surface area contributed by atoms with Crippen LogP contribution in [0.5, 0.6) is 0 Å². The van der Waals surface area contributed by atoms with Crippen molar-refractivity contribution in [1.82, 2.24) is 0 Å². The van der Waals surface area contributed by atoms with E-state index in [2.05, 4.69) is 5.32 Å². The molecule has 0 fully saturated rings. The quantitative estimate of drug-likeness (QED) is 0.837. The van der Waals surface area contributed by atoms with Gasteiger partial charge in [0.1, 0.15) is 6.61 Å². The van der Waals surface area contributed by atoms with Crippen molar-refractivity contribution in [3.05, 3.63) is 65.2 Å². The van der Waals surface area contributed by atoms with E-state index < -0.39 is 0 Å². The molecule has 1 amide bonds. The van der Waals surface area contributed by atoms with Gasteiger partial charge in [-0.3, -0.25) is 4.79 Å². The number of hydrogen-bond donors (Lipinski definition) is 1. The largest absolute Gasteiger partial charge is 0.457 e. The minimum absolute atomic E-state index is 0.201. The zero-order valence-electron chi connectivity index (χ0n) is 10.1. The fourth-order valence-corrected chi connectivity index (χ4v) is 2.05. The third-order valence-electron chi connectivity index (χ3n) is 3.03. The zero-order valence-corrected chi connectivity index (χ0v) is 10.1. The number of amides is 1. The van der Waals surface area contributed by atoms with Crippen LogP contribution in [0, 0.1) is 0 Å². The third-order valence-corrected chi connectivity index (χ3v) is 3.03. The second kappa shape index (κ2) is 4.57. The van der Waals surface area contributed by atoms with E-state index in [1.165, 1.54) is 0 Å². The summed E-state index contributed by atoms with van der Waals surface area (Å²) in [5.41, 5.74) is 2.45. The third kappa shape index (κ3) is 2.08. The summed E-state index contributed by atoms with van der Waals surface area (Å²) in [7, 11) is 0. The van der Waals surface area contributed by atoms with Gasteiger partial charge in [-0.2, -0.15) is 0 Å². The van der Waals surface area contributed by atoms with Crippen molar-refractivity contribution in [2.24, 2.45) is 0 Å². The van der Waals surface area contributed by atoms with Crippen LogP contribution in [-0.2, 0) is 11.3 Å². The average Bonchev–Trinajstić information content (AvgIpc) is 2.83. The lowest BCUT2D eigenvalue weighted by Gasteiger charge is -2.08. The van der Waals surface area contributed by atoms with Crippen LogP contribution in [0.3, 0.4) is 0 Å². The first-order valence-corrected chi connectivity index (χ1v) is 5.91. The van der Waals surface area contributed by atoms with Crippen molar-refractivity contribution < 1.29 is 14.3 Å². The van der Waals surface area contributed by atoms with Crippen LogP contribution < -0.4 is 5.32 Å². The number of fused-ring (bicyclic) bond motifs is 1. The molecule has 0 bridgehead atoms. The van der Waals surface area contributed by atoms with Crippen LogP contribution in [0.2, 0.25) is 0 Å². The fraction of sp³-hybridized carbons (Fsp3) is 0.0667. The lowest BCUT2D eigenvalue weighted by Crippen LogP contribution is -2.13. The van der Waals surface area contributed by atoms with E-state index in [1.54, 1.807) is 42.5 Å². The van der Waals surface area contributed by atoms with Gasteiger partial charge in [-0.1, -0.05) is 24.3 Å². The second-order valence-electron chi connectivity index (χ2n) is 4.23. The molecule has 4 heteroatoms. The average molecular weight is 253 g/mol. The van der Waals surface area contributed by atoms with E-state index in [-0.39, 0.29) is 18.5 Å². The molecule has 0 aliphatic carbocycles. The number of nitrogens with one attached hydrogen (secondary N) is 1. The molecule has 1 heterocycles. The molecule has 1 aliphatic heterocycles. The standard InChI is InChI=1S/C15H11NO3/c17-14(10-5-2-1-3-6-10)16-13-8-4-7-11-12(13)9-19-15(11)18/h1-8H,9H2,(H,16,17). The molecule has 0 atom stereocenters. The molecule has 0 spiro atoms. The maximum atomic E-state index is 12.1. The molecule has 0 saturated heterocycles. The summed E-state index contributed by atoms with van der Waals surface area (Å²) in [6.07, 6.45) is 0.